The summed E-state index contributed by atoms with van der Waals surface area (Å²) in [6.45, 7) is 2.72. The first kappa shape index (κ1) is 24.2. The predicted octanol–water partition coefficient (Wildman–Crippen LogP) is 5.65. The van der Waals surface area contributed by atoms with Gasteiger partial charge in [0.1, 0.15) is 0 Å². The highest BCUT2D eigenvalue weighted by molar-refractivity contribution is 5.75. The molecule has 0 spiro atoms. The summed E-state index contributed by atoms with van der Waals surface area (Å²) < 4.78 is 5.17. The molecule has 0 aliphatic heterocycles. The number of hydrogen-bond donors (Lipinski definition) is 1. The van der Waals surface area contributed by atoms with Crippen LogP contribution in [0.3, 0.4) is 0 Å². The minimum Gasteiger partial charge on any atom is -0.481 e. The van der Waals surface area contributed by atoms with Crippen molar-refractivity contribution in [3.8, 4) is 0 Å². The number of ether oxygens (including phenoxy) is 1. The molecule has 5 nitrogen and oxygen atoms in total. The maximum atomic E-state index is 13.0. The van der Waals surface area contributed by atoms with Crippen molar-refractivity contribution >= 4 is 11.9 Å². The molecular formula is C28H31NO4. The summed E-state index contributed by atoms with van der Waals surface area (Å²) in [5.74, 6) is -1.96. The average Bonchev–Trinajstić information content (AvgIpc) is 2.86. The minimum atomic E-state index is -0.929. The zero-order chi connectivity index (χ0) is 23.6. The number of carboxylic acids is 1. The van der Waals surface area contributed by atoms with Gasteiger partial charge in [-0.3, -0.25) is 14.5 Å². The number of hydrogen-bond acceptors (Lipinski definition) is 4. The lowest BCUT2D eigenvalue weighted by Gasteiger charge is -2.40. The number of rotatable bonds is 11. The van der Waals surface area contributed by atoms with Gasteiger partial charge in [0.2, 0.25) is 0 Å². The lowest BCUT2D eigenvalue weighted by Crippen LogP contribution is -2.39. The summed E-state index contributed by atoms with van der Waals surface area (Å²) in [6.07, 6.45) is 0.0797. The molecule has 172 valence electrons. The van der Waals surface area contributed by atoms with Crippen molar-refractivity contribution in [1.82, 2.24) is 4.90 Å². The van der Waals surface area contributed by atoms with E-state index in [1.165, 1.54) is 7.11 Å². The number of carbonyl (C=O) groups excluding carboxylic acids is 1. The summed E-state index contributed by atoms with van der Waals surface area (Å²) in [5, 5.41) is 9.36. The second-order valence-electron chi connectivity index (χ2n) is 8.16. The van der Waals surface area contributed by atoms with Crippen LogP contribution in [0.25, 0.3) is 0 Å². The van der Waals surface area contributed by atoms with E-state index < -0.39 is 17.9 Å². The van der Waals surface area contributed by atoms with Crippen LogP contribution in [0.5, 0.6) is 0 Å². The van der Waals surface area contributed by atoms with Crippen molar-refractivity contribution in [2.75, 3.05) is 7.11 Å². The Morgan fingerprint density at radius 1 is 0.848 bits per heavy atom. The molecule has 0 aromatic heterocycles. The predicted molar refractivity (Wildman–Crippen MR) is 128 cm³/mol. The monoisotopic (exact) mass is 445 g/mol. The highest BCUT2D eigenvalue weighted by atomic mass is 16.5. The number of benzene rings is 3. The number of carboxylic acid groups (broad SMARTS) is 1. The van der Waals surface area contributed by atoms with Gasteiger partial charge in [0.15, 0.2) is 0 Å². The molecule has 0 saturated carbocycles. The number of nitrogens with zero attached hydrogens (tertiary/aromatic N) is 1. The Bertz CT molecular complexity index is 1010. The van der Waals surface area contributed by atoms with E-state index in [4.69, 9.17) is 4.74 Å². The number of aliphatic carboxylic acids is 1. The van der Waals surface area contributed by atoms with Crippen molar-refractivity contribution in [1.29, 1.82) is 0 Å². The fourth-order valence-corrected chi connectivity index (χ4v) is 4.33. The Morgan fingerprint density at radius 3 is 1.88 bits per heavy atom. The van der Waals surface area contributed by atoms with E-state index >= 15 is 0 Å². The van der Waals surface area contributed by atoms with Crippen LogP contribution >= 0.6 is 0 Å². The molecule has 0 bridgehead atoms. The van der Waals surface area contributed by atoms with Gasteiger partial charge >= 0.3 is 11.9 Å². The van der Waals surface area contributed by atoms with Crippen LogP contribution in [0.15, 0.2) is 91.0 Å². The van der Waals surface area contributed by atoms with Crippen LogP contribution in [-0.2, 0) is 20.9 Å². The van der Waals surface area contributed by atoms with Crippen LogP contribution in [0, 0.1) is 5.92 Å². The Hall–Kier alpha value is -3.44. The van der Waals surface area contributed by atoms with E-state index in [-0.39, 0.29) is 24.9 Å². The van der Waals surface area contributed by atoms with E-state index in [2.05, 4.69) is 36.1 Å². The first-order chi connectivity index (χ1) is 16.0. The highest BCUT2D eigenvalue weighted by Gasteiger charge is 2.37. The van der Waals surface area contributed by atoms with Gasteiger partial charge in [-0.05, 0) is 30.0 Å². The molecule has 0 amide bonds. The maximum Gasteiger partial charge on any atom is 0.310 e. The molecule has 0 saturated heterocycles. The molecule has 5 heteroatoms. The van der Waals surface area contributed by atoms with E-state index in [0.717, 1.165) is 16.7 Å². The molecule has 33 heavy (non-hydrogen) atoms. The summed E-state index contributed by atoms with van der Waals surface area (Å²) in [4.78, 5) is 26.7. The molecule has 1 N–H and O–H groups in total. The smallest absolute Gasteiger partial charge is 0.310 e. The number of carbonyl (C=O) groups is 2. The van der Waals surface area contributed by atoms with Gasteiger partial charge in [-0.15, -0.1) is 0 Å². The van der Waals surface area contributed by atoms with Crippen molar-refractivity contribution in [2.24, 2.45) is 5.92 Å². The molecule has 3 rings (SSSR count). The van der Waals surface area contributed by atoms with Crippen molar-refractivity contribution in [3.05, 3.63) is 108 Å². The van der Waals surface area contributed by atoms with E-state index in [1.807, 2.05) is 66.7 Å². The fourth-order valence-electron chi connectivity index (χ4n) is 4.33. The molecule has 0 aliphatic carbocycles. The van der Waals surface area contributed by atoms with Crippen LogP contribution < -0.4 is 0 Å². The van der Waals surface area contributed by atoms with Gasteiger partial charge < -0.3 is 9.84 Å². The molecule has 3 atom stereocenters. The van der Waals surface area contributed by atoms with Crippen molar-refractivity contribution in [3.63, 3.8) is 0 Å². The SMILES string of the molecule is COC(=O)[C@@H](CCC(=O)O)[C@@H](c1ccccc1)N(Cc1ccccc1)[C@H](C)c1ccccc1. The Kier molecular flexibility index (Phi) is 8.79. The molecule has 3 aromatic rings. The highest BCUT2D eigenvalue weighted by Crippen LogP contribution is 2.39. The first-order valence-corrected chi connectivity index (χ1v) is 11.2. The lowest BCUT2D eigenvalue weighted by molar-refractivity contribution is -0.150. The maximum absolute atomic E-state index is 13.0. The van der Waals surface area contributed by atoms with Crippen LogP contribution in [0.1, 0.15) is 48.5 Å². The molecule has 0 heterocycles. The van der Waals surface area contributed by atoms with Crippen LogP contribution in [0.4, 0.5) is 0 Å². The quantitative estimate of drug-likeness (QED) is 0.387. The average molecular weight is 446 g/mol. The third-order valence-electron chi connectivity index (χ3n) is 6.04. The van der Waals surface area contributed by atoms with Gasteiger partial charge in [0.25, 0.3) is 0 Å². The molecule has 3 aromatic carbocycles. The van der Waals surface area contributed by atoms with E-state index in [9.17, 15) is 14.7 Å². The Balaban J connectivity index is 2.12. The Morgan fingerprint density at radius 2 is 1.36 bits per heavy atom. The lowest BCUT2D eigenvalue weighted by atomic mass is 9.86. The normalized spacial score (nSPS) is 13.8. The van der Waals surface area contributed by atoms with Crippen LogP contribution in [0.2, 0.25) is 0 Å². The Labute approximate surface area is 195 Å². The van der Waals surface area contributed by atoms with Gasteiger partial charge in [-0.25, -0.2) is 0 Å². The second-order valence-corrected chi connectivity index (χ2v) is 8.16. The fraction of sp³-hybridized carbons (Fsp3) is 0.286. The third-order valence-corrected chi connectivity index (χ3v) is 6.04. The molecule has 0 aliphatic rings. The summed E-state index contributed by atoms with van der Waals surface area (Å²) in [5.41, 5.74) is 3.19. The topological polar surface area (TPSA) is 66.8 Å². The van der Waals surface area contributed by atoms with E-state index in [1.54, 1.807) is 0 Å². The van der Waals surface area contributed by atoms with Gasteiger partial charge in [0.05, 0.1) is 13.0 Å². The zero-order valence-corrected chi connectivity index (χ0v) is 19.1. The third kappa shape index (κ3) is 6.53. The summed E-state index contributed by atoms with van der Waals surface area (Å²) in [6, 6.07) is 29.7. The van der Waals surface area contributed by atoms with Crippen molar-refractivity contribution < 1.29 is 19.4 Å². The standard InChI is InChI=1S/C28H31NO4/c1-21(23-14-8-4-9-15-23)29(20-22-12-6-3-7-13-22)27(24-16-10-5-11-17-24)25(28(32)33-2)18-19-26(30)31/h3-17,21,25,27H,18-20H2,1-2H3,(H,30,31)/t21-,25+,27-/m1/s1. The number of esters is 1. The molecule has 0 radical (unpaired) electrons. The van der Waals surface area contributed by atoms with E-state index in [0.29, 0.717) is 6.54 Å². The van der Waals surface area contributed by atoms with Crippen LogP contribution in [-0.4, -0.2) is 29.1 Å². The largest absolute Gasteiger partial charge is 0.481 e. The molecule has 0 fully saturated rings. The van der Waals surface area contributed by atoms with Gasteiger partial charge in [-0.2, -0.15) is 0 Å². The van der Waals surface area contributed by atoms with Gasteiger partial charge in [-0.1, -0.05) is 91.0 Å². The molecule has 0 unspecified atom stereocenters. The number of methoxy groups -OCH3 is 1. The first-order valence-electron chi connectivity index (χ1n) is 11.2. The zero-order valence-electron chi connectivity index (χ0n) is 19.1. The second kappa shape index (κ2) is 12.0. The molecular weight excluding hydrogens is 414 g/mol. The minimum absolute atomic E-state index is 0.0337. The van der Waals surface area contributed by atoms with Gasteiger partial charge in [0, 0.05) is 25.0 Å². The summed E-state index contributed by atoms with van der Waals surface area (Å²) >= 11 is 0. The summed E-state index contributed by atoms with van der Waals surface area (Å²) in [7, 11) is 1.36. The van der Waals surface area contributed by atoms with Crippen molar-refractivity contribution in [2.45, 2.75) is 38.4 Å².